The standard InChI is InChI=1S/C19H21N3O2S/c1-4-9-20-17(23)13-7-8-15-16(11-13)25-18-14(6-5-10-21-18)19(24)22(15)12(2)3/h5-8,10-12H,4,9H2,1-3H3,(H,20,23). The molecule has 2 amide bonds. The molecule has 0 unspecified atom stereocenters. The maximum atomic E-state index is 13.0. The van der Waals surface area contributed by atoms with Crippen molar-refractivity contribution in [3.8, 4) is 0 Å². The molecule has 1 aliphatic rings. The van der Waals surface area contributed by atoms with E-state index in [1.807, 2.05) is 32.9 Å². The van der Waals surface area contributed by atoms with Crippen molar-refractivity contribution in [3.63, 3.8) is 0 Å². The van der Waals surface area contributed by atoms with Gasteiger partial charge in [0.25, 0.3) is 11.8 Å². The topological polar surface area (TPSA) is 62.3 Å². The van der Waals surface area contributed by atoms with Gasteiger partial charge in [0, 0.05) is 29.2 Å². The average Bonchev–Trinajstić information content (AvgIpc) is 2.73. The summed E-state index contributed by atoms with van der Waals surface area (Å²) in [6.07, 6.45) is 2.57. The van der Waals surface area contributed by atoms with Crippen molar-refractivity contribution in [2.24, 2.45) is 0 Å². The Labute approximate surface area is 151 Å². The van der Waals surface area contributed by atoms with E-state index in [1.54, 1.807) is 29.3 Å². The highest BCUT2D eigenvalue weighted by atomic mass is 32.2. The second kappa shape index (κ2) is 7.27. The molecule has 0 saturated heterocycles. The first-order chi connectivity index (χ1) is 12.0. The number of hydrogen-bond acceptors (Lipinski definition) is 4. The number of carbonyl (C=O) groups is 2. The number of hydrogen-bond donors (Lipinski definition) is 1. The molecule has 0 spiro atoms. The lowest BCUT2D eigenvalue weighted by atomic mass is 10.1. The van der Waals surface area contributed by atoms with Crippen LogP contribution in [0.5, 0.6) is 0 Å². The highest BCUT2D eigenvalue weighted by molar-refractivity contribution is 7.99. The van der Waals surface area contributed by atoms with Gasteiger partial charge in [-0.3, -0.25) is 9.59 Å². The first-order valence-electron chi connectivity index (χ1n) is 8.41. The predicted molar refractivity (Wildman–Crippen MR) is 99.4 cm³/mol. The van der Waals surface area contributed by atoms with Crippen molar-refractivity contribution in [2.45, 2.75) is 43.2 Å². The summed E-state index contributed by atoms with van der Waals surface area (Å²) in [7, 11) is 0. The summed E-state index contributed by atoms with van der Waals surface area (Å²) in [5.74, 6) is -0.161. The number of benzene rings is 1. The number of pyridine rings is 1. The summed E-state index contributed by atoms with van der Waals surface area (Å²) < 4.78 is 0. The minimum atomic E-state index is -0.0989. The van der Waals surface area contributed by atoms with Crippen molar-refractivity contribution in [3.05, 3.63) is 47.7 Å². The molecule has 0 aliphatic carbocycles. The molecule has 0 radical (unpaired) electrons. The van der Waals surface area contributed by atoms with Gasteiger partial charge < -0.3 is 10.2 Å². The number of aromatic nitrogens is 1. The van der Waals surface area contributed by atoms with Crippen LogP contribution in [0.4, 0.5) is 5.69 Å². The molecule has 2 heterocycles. The molecule has 5 nitrogen and oxygen atoms in total. The van der Waals surface area contributed by atoms with Gasteiger partial charge in [-0.25, -0.2) is 4.98 Å². The maximum Gasteiger partial charge on any atom is 0.261 e. The molecular formula is C19H21N3O2S. The van der Waals surface area contributed by atoms with Crippen LogP contribution >= 0.6 is 11.8 Å². The number of nitrogens with one attached hydrogen (secondary N) is 1. The lowest BCUT2D eigenvalue weighted by Gasteiger charge is -2.27. The maximum absolute atomic E-state index is 13.0. The molecule has 0 saturated carbocycles. The quantitative estimate of drug-likeness (QED) is 0.907. The second-order valence-electron chi connectivity index (χ2n) is 6.17. The van der Waals surface area contributed by atoms with Gasteiger partial charge in [0.1, 0.15) is 5.03 Å². The molecule has 1 aromatic carbocycles. The molecule has 2 aromatic rings. The summed E-state index contributed by atoms with van der Waals surface area (Å²) >= 11 is 1.43. The molecule has 0 atom stereocenters. The number of rotatable bonds is 4. The Hall–Kier alpha value is -2.34. The van der Waals surface area contributed by atoms with Gasteiger partial charge in [-0.2, -0.15) is 0 Å². The third-order valence-corrected chi connectivity index (χ3v) is 5.03. The summed E-state index contributed by atoms with van der Waals surface area (Å²) in [5.41, 5.74) is 2.00. The zero-order valence-corrected chi connectivity index (χ0v) is 15.4. The molecule has 1 aromatic heterocycles. The molecule has 1 N–H and O–H groups in total. The molecule has 0 bridgehead atoms. The number of fused-ring (bicyclic) bond motifs is 2. The third kappa shape index (κ3) is 3.39. The van der Waals surface area contributed by atoms with Crippen LogP contribution < -0.4 is 10.2 Å². The second-order valence-corrected chi connectivity index (χ2v) is 7.20. The van der Waals surface area contributed by atoms with Gasteiger partial charge in [-0.05, 0) is 50.6 Å². The van der Waals surface area contributed by atoms with Crippen LogP contribution in [0, 0.1) is 0 Å². The van der Waals surface area contributed by atoms with E-state index >= 15 is 0 Å². The minimum Gasteiger partial charge on any atom is -0.352 e. The van der Waals surface area contributed by atoms with Gasteiger partial charge >= 0.3 is 0 Å². The number of amides is 2. The highest BCUT2D eigenvalue weighted by Gasteiger charge is 2.30. The van der Waals surface area contributed by atoms with Crippen molar-refractivity contribution in [1.82, 2.24) is 10.3 Å². The Morgan fingerprint density at radius 3 is 2.84 bits per heavy atom. The van der Waals surface area contributed by atoms with E-state index in [1.165, 1.54) is 11.8 Å². The average molecular weight is 355 g/mol. The van der Waals surface area contributed by atoms with E-state index in [0.717, 1.165) is 17.0 Å². The van der Waals surface area contributed by atoms with E-state index in [0.29, 0.717) is 22.7 Å². The van der Waals surface area contributed by atoms with Crippen molar-refractivity contribution in [2.75, 3.05) is 11.4 Å². The molecule has 1 aliphatic heterocycles. The van der Waals surface area contributed by atoms with Crippen molar-refractivity contribution in [1.29, 1.82) is 0 Å². The van der Waals surface area contributed by atoms with Gasteiger partial charge in [0.2, 0.25) is 0 Å². The molecule has 6 heteroatoms. The van der Waals surface area contributed by atoms with Crippen LogP contribution in [0.1, 0.15) is 47.9 Å². The van der Waals surface area contributed by atoms with Gasteiger partial charge in [0.05, 0.1) is 11.3 Å². The van der Waals surface area contributed by atoms with Gasteiger partial charge in [0.15, 0.2) is 0 Å². The summed E-state index contributed by atoms with van der Waals surface area (Å²) in [5, 5.41) is 3.56. The lowest BCUT2D eigenvalue weighted by Crippen LogP contribution is -2.37. The third-order valence-electron chi connectivity index (χ3n) is 3.96. The van der Waals surface area contributed by atoms with E-state index in [9.17, 15) is 9.59 Å². The molecule has 130 valence electrons. The number of anilines is 1. The summed E-state index contributed by atoms with van der Waals surface area (Å²) in [4.78, 5) is 32.3. The van der Waals surface area contributed by atoms with Crippen LogP contribution in [-0.4, -0.2) is 29.4 Å². The Balaban J connectivity index is 2.08. The fourth-order valence-corrected chi connectivity index (χ4v) is 3.81. The first-order valence-corrected chi connectivity index (χ1v) is 9.23. The minimum absolute atomic E-state index is 0.00206. The van der Waals surface area contributed by atoms with Crippen LogP contribution in [0.25, 0.3) is 0 Å². The Kier molecular flexibility index (Phi) is 5.08. The predicted octanol–water partition coefficient (Wildman–Crippen LogP) is 3.74. The normalized spacial score (nSPS) is 13.3. The van der Waals surface area contributed by atoms with Crippen LogP contribution in [0.3, 0.4) is 0 Å². The molecule has 0 fully saturated rings. The summed E-state index contributed by atoms with van der Waals surface area (Å²) in [6.45, 7) is 6.62. The Morgan fingerprint density at radius 1 is 1.32 bits per heavy atom. The smallest absolute Gasteiger partial charge is 0.261 e. The van der Waals surface area contributed by atoms with Crippen molar-refractivity contribution < 1.29 is 9.59 Å². The Morgan fingerprint density at radius 2 is 2.12 bits per heavy atom. The molecule has 25 heavy (non-hydrogen) atoms. The van der Waals surface area contributed by atoms with E-state index in [2.05, 4.69) is 10.3 Å². The molecular weight excluding hydrogens is 334 g/mol. The zero-order valence-electron chi connectivity index (χ0n) is 14.6. The number of nitrogens with zero attached hydrogens (tertiary/aromatic N) is 2. The van der Waals surface area contributed by atoms with E-state index in [-0.39, 0.29) is 17.9 Å². The van der Waals surface area contributed by atoms with Gasteiger partial charge in [-0.1, -0.05) is 18.7 Å². The number of carbonyl (C=O) groups excluding carboxylic acids is 2. The summed E-state index contributed by atoms with van der Waals surface area (Å²) in [6, 6.07) is 9.04. The molecule has 3 rings (SSSR count). The monoisotopic (exact) mass is 355 g/mol. The van der Waals surface area contributed by atoms with Crippen LogP contribution in [-0.2, 0) is 0 Å². The zero-order chi connectivity index (χ0) is 18.0. The SMILES string of the molecule is CCCNC(=O)c1ccc2c(c1)Sc1ncccc1C(=O)N2C(C)C. The highest BCUT2D eigenvalue weighted by Crippen LogP contribution is 2.41. The Bertz CT molecular complexity index is 820. The lowest BCUT2D eigenvalue weighted by molar-refractivity contribution is 0.0952. The van der Waals surface area contributed by atoms with E-state index in [4.69, 9.17) is 0 Å². The van der Waals surface area contributed by atoms with E-state index < -0.39 is 0 Å². The van der Waals surface area contributed by atoms with Crippen LogP contribution in [0.2, 0.25) is 0 Å². The van der Waals surface area contributed by atoms with Gasteiger partial charge in [-0.15, -0.1) is 0 Å². The largest absolute Gasteiger partial charge is 0.352 e. The fraction of sp³-hybridized carbons (Fsp3) is 0.316. The first kappa shape index (κ1) is 17.5. The fourth-order valence-electron chi connectivity index (χ4n) is 2.77. The van der Waals surface area contributed by atoms with Crippen LogP contribution in [0.15, 0.2) is 46.5 Å². The van der Waals surface area contributed by atoms with Crippen molar-refractivity contribution >= 4 is 29.3 Å².